The standard InChI is InChI=1S/C20H25N/c1-3-4-5-8-15(2)21-18-11-12-20-17(14-18)13-16-9-6-7-10-19(16)20/h6-7,9-12,14-15,21H,3-5,8,13H2,1-2H3. The van der Waals surface area contributed by atoms with E-state index in [9.17, 15) is 0 Å². The summed E-state index contributed by atoms with van der Waals surface area (Å²) in [5, 5.41) is 3.66. The summed E-state index contributed by atoms with van der Waals surface area (Å²) in [5.41, 5.74) is 7.01. The minimum atomic E-state index is 0.554. The molecule has 2 aromatic carbocycles. The third-order valence-corrected chi connectivity index (χ3v) is 4.45. The summed E-state index contributed by atoms with van der Waals surface area (Å²) < 4.78 is 0. The molecule has 0 saturated heterocycles. The molecule has 1 aliphatic carbocycles. The van der Waals surface area contributed by atoms with Crippen molar-refractivity contribution in [2.75, 3.05) is 5.32 Å². The van der Waals surface area contributed by atoms with E-state index in [0.717, 1.165) is 6.42 Å². The molecule has 3 rings (SSSR count). The van der Waals surface area contributed by atoms with Crippen molar-refractivity contribution in [1.29, 1.82) is 0 Å². The van der Waals surface area contributed by atoms with Gasteiger partial charge >= 0.3 is 0 Å². The van der Waals surface area contributed by atoms with Gasteiger partial charge in [0.25, 0.3) is 0 Å². The topological polar surface area (TPSA) is 12.0 Å². The van der Waals surface area contributed by atoms with Crippen LogP contribution in [0.15, 0.2) is 42.5 Å². The second-order valence-electron chi connectivity index (χ2n) is 6.25. The SMILES string of the molecule is CCCCCC(C)Nc1ccc2c(c1)Cc1ccccc1-2. The maximum atomic E-state index is 3.66. The second-order valence-corrected chi connectivity index (χ2v) is 6.25. The highest BCUT2D eigenvalue weighted by Crippen LogP contribution is 2.37. The van der Waals surface area contributed by atoms with E-state index in [4.69, 9.17) is 0 Å². The molecule has 110 valence electrons. The van der Waals surface area contributed by atoms with Crippen molar-refractivity contribution in [3.8, 4) is 11.1 Å². The van der Waals surface area contributed by atoms with Gasteiger partial charge in [0.15, 0.2) is 0 Å². The van der Waals surface area contributed by atoms with E-state index in [1.54, 1.807) is 0 Å². The Balaban J connectivity index is 1.69. The summed E-state index contributed by atoms with van der Waals surface area (Å²) in [6, 6.07) is 16.2. The van der Waals surface area contributed by atoms with Gasteiger partial charge in [-0.1, -0.05) is 56.5 Å². The van der Waals surface area contributed by atoms with Crippen molar-refractivity contribution in [2.45, 2.75) is 52.0 Å². The quantitative estimate of drug-likeness (QED) is 0.576. The van der Waals surface area contributed by atoms with Crippen LogP contribution in [0.5, 0.6) is 0 Å². The molecule has 1 atom stereocenters. The number of fused-ring (bicyclic) bond motifs is 3. The van der Waals surface area contributed by atoms with Gasteiger partial charge in [-0.05, 0) is 54.2 Å². The molecule has 0 aromatic heterocycles. The van der Waals surface area contributed by atoms with Crippen LogP contribution in [0, 0.1) is 0 Å². The van der Waals surface area contributed by atoms with Crippen LogP contribution in [0.3, 0.4) is 0 Å². The minimum Gasteiger partial charge on any atom is -0.383 e. The lowest BCUT2D eigenvalue weighted by Crippen LogP contribution is -2.14. The fourth-order valence-electron chi connectivity index (χ4n) is 3.29. The van der Waals surface area contributed by atoms with Crippen LogP contribution in [-0.4, -0.2) is 6.04 Å². The average Bonchev–Trinajstić information content (AvgIpc) is 2.85. The molecule has 1 nitrogen and oxygen atoms in total. The molecule has 0 bridgehead atoms. The number of anilines is 1. The van der Waals surface area contributed by atoms with Crippen LogP contribution in [-0.2, 0) is 6.42 Å². The Bertz CT molecular complexity index is 615. The fourth-order valence-corrected chi connectivity index (χ4v) is 3.29. The van der Waals surface area contributed by atoms with Crippen molar-refractivity contribution >= 4 is 5.69 Å². The third kappa shape index (κ3) is 3.12. The highest BCUT2D eigenvalue weighted by molar-refractivity contribution is 5.78. The first kappa shape index (κ1) is 14.2. The van der Waals surface area contributed by atoms with E-state index in [0.29, 0.717) is 6.04 Å². The van der Waals surface area contributed by atoms with Gasteiger partial charge in [0, 0.05) is 11.7 Å². The van der Waals surface area contributed by atoms with Gasteiger partial charge in [0.1, 0.15) is 0 Å². The Kier molecular flexibility index (Phi) is 4.28. The van der Waals surface area contributed by atoms with Crippen LogP contribution in [0.4, 0.5) is 5.69 Å². The van der Waals surface area contributed by atoms with Crippen molar-refractivity contribution in [2.24, 2.45) is 0 Å². The highest BCUT2D eigenvalue weighted by atomic mass is 14.9. The molecule has 0 spiro atoms. The van der Waals surface area contributed by atoms with E-state index in [1.807, 2.05) is 0 Å². The van der Waals surface area contributed by atoms with Crippen molar-refractivity contribution in [3.63, 3.8) is 0 Å². The fraction of sp³-hybridized carbons (Fsp3) is 0.400. The summed E-state index contributed by atoms with van der Waals surface area (Å²) >= 11 is 0. The molecule has 1 N–H and O–H groups in total. The molecule has 0 fully saturated rings. The van der Waals surface area contributed by atoms with Crippen LogP contribution < -0.4 is 5.32 Å². The smallest absolute Gasteiger partial charge is 0.0345 e. The van der Waals surface area contributed by atoms with Gasteiger partial charge in [-0.3, -0.25) is 0 Å². The Morgan fingerprint density at radius 3 is 2.67 bits per heavy atom. The van der Waals surface area contributed by atoms with Crippen molar-refractivity contribution in [1.82, 2.24) is 0 Å². The van der Waals surface area contributed by atoms with E-state index < -0.39 is 0 Å². The lowest BCUT2D eigenvalue weighted by molar-refractivity contribution is 0.615. The molecule has 0 aliphatic heterocycles. The lowest BCUT2D eigenvalue weighted by Gasteiger charge is -2.16. The monoisotopic (exact) mass is 279 g/mol. The van der Waals surface area contributed by atoms with Gasteiger partial charge in [-0.15, -0.1) is 0 Å². The molecule has 0 heterocycles. The van der Waals surface area contributed by atoms with E-state index in [1.165, 1.54) is 53.6 Å². The molecule has 1 heteroatoms. The van der Waals surface area contributed by atoms with E-state index >= 15 is 0 Å². The molecule has 0 amide bonds. The molecule has 1 aliphatic rings. The first-order valence-corrected chi connectivity index (χ1v) is 8.25. The molecule has 21 heavy (non-hydrogen) atoms. The van der Waals surface area contributed by atoms with Crippen LogP contribution in [0.2, 0.25) is 0 Å². The summed E-state index contributed by atoms with van der Waals surface area (Å²) in [6.45, 7) is 4.55. The Morgan fingerprint density at radius 1 is 1.00 bits per heavy atom. The Morgan fingerprint density at radius 2 is 1.81 bits per heavy atom. The highest BCUT2D eigenvalue weighted by Gasteiger charge is 2.17. The van der Waals surface area contributed by atoms with Gasteiger partial charge in [0.05, 0.1) is 0 Å². The largest absolute Gasteiger partial charge is 0.383 e. The Hall–Kier alpha value is -1.76. The maximum absolute atomic E-state index is 3.66. The van der Waals surface area contributed by atoms with E-state index in [-0.39, 0.29) is 0 Å². The van der Waals surface area contributed by atoms with Gasteiger partial charge in [-0.25, -0.2) is 0 Å². The Labute approximate surface area is 128 Å². The average molecular weight is 279 g/mol. The second kappa shape index (κ2) is 6.34. The predicted octanol–water partition coefficient (Wildman–Crippen LogP) is 5.64. The molecule has 0 radical (unpaired) electrons. The van der Waals surface area contributed by atoms with Crippen LogP contribution in [0.1, 0.15) is 50.7 Å². The summed E-state index contributed by atoms with van der Waals surface area (Å²) in [4.78, 5) is 0. The molecule has 1 unspecified atom stereocenters. The zero-order chi connectivity index (χ0) is 14.7. The number of benzene rings is 2. The summed E-state index contributed by atoms with van der Waals surface area (Å²) in [5.74, 6) is 0. The summed E-state index contributed by atoms with van der Waals surface area (Å²) in [6.07, 6.45) is 6.28. The van der Waals surface area contributed by atoms with E-state index in [2.05, 4.69) is 61.6 Å². The molecular weight excluding hydrogens is 254 g/mol. The lowest BCUT2D eigenvalue weighted by atomic mass is 10.0. The van der Waals surface area contributed by atoms with Gasteiger partial charge < -0.3 is 5.32 Å². The molecule has 2 aromatic rings. The minimum absolute atomic E-state index is 0.554. The van der Waals surface area contributed by atoms with Gasteiger partial charge in [-0.2, -0.15) is 0 Å². The predicted molar refractivity (Wildman–Crippen MR) is 91.9 cm³/mol. The number of hydrogen-bond donors (Lipinski definition) is 1. The number of rotatable bonds is 6. The zero-order valence-corrected chi connectivity index (χ0v) is 13.2. The van der Waals surface area contributed by atoms with Crippen molar-refractivity contribution < 1.29 is 0 Å². The molecule has 0 saturated carbocycles. The first-order valence-electron chi connectivity index (χ1n) is 8.25. The maximum Gasteiger partial charge on any atom is 0.0345 e. The van der Waals surface area contributed by atoms with Crippen molar-refractivity contribution in [3.05, 3.63) is 53.6 Å². The number of unbranched alkanes of at least 4 members (excludes halogenated alkanes) is 2. The van der Waals surface area contributed by atoms with Gasteiger partial charge in [0.2, 0.25) is 0 Å². The molecular formula is C20H25N. The normalized spacial score (nSPS) is 13.6. The zero-order valence-electron chi connectivity index (χ0n) is 13.2. The number of nitrogens with one attached hydrogen (secondary N) is 1. The first-order chi connectivity index (χ1) is 10.3. The number of hydrogen-bond acceptors (Lipinski definition) is 1. The van der Waals surface area contributed by atoms with Crippen LogP contribution >= 0.6 is 0 Å². The van der Waals surface area contributed by atoms with Crippen LogP contribution in [0.25, 0.3) is 11.1 Å². The third-order valence-electron chi connectivity index (χ3n) is 4.45. The summed E-state index contributed by atoms with van der Waals surface area (Å²) in [7, 11) is 0.